The predicted molar refractivity (Wildman–Crippen MR) is 118 cm³/mol. The van der Waals surface area contributed by atoms with E-state index in [1.165, 1.54) is 22.9 Å². The van der Waals surface area contributed by atoms with Gasteiger partial charge in [0.2, 0.25) is 0 Å². The molecule has 0 aliphatic rings. The summed E-state index contributed by atoms with van der Waals surface area (Å²) >= 11 is 1.90. The third-order valence-electron chi connectivity index (χ3n) is 3.56. The molecule has 0 aliphatic heterocycles. The van der Waals surface area contributed by atoms with E-state index in [4.69, 9.17) is 0 Å². The summed E-state index contributed by atoms with van der Waals surface area (Å²) in [6, 6.07) is 10.4. The highest BCUT2D eigenvalue weighted by molar-refractivity contribution is 14.0. The monoisotopic (exact) mass is 458 g/mol. The minimum Gasteiger partial charge on any atom is -0.357 e. The van der Waals surface area contributed by atoms with Crippen LogP contribution in [0.5, 0.6) is 0 Å². The van der Waals surface area contributed by atoms with Crippen LogP contribution in [0.4, 0.5) is 0 Å². The second-order valence-corrected chi connectivity index (χ2v) is 6.29. The van der Waals surface area contributed by atoms with Crippen molar-refractivity contribution in [2.75, 3.05) is 25.1 Å². The molecule has 2 aromatic rings. The normalized spacial score (nSPS) is 11.2. The highest BCUT2D eigenvalue weighted by Gasteiger charge is 2.02. The van der Waals surface area contributed by atoms with Crippen molar-refractivity contribution in [2.45, 2.75) is 26.3 Å². The van der Waals surface area contributed by atoms with E-state index < -0.39 is 0 Å². The van der Waals surface area contributed by atoms with Gasteiger partial charge in [-0.05, 0) is 43.2 Å². The lowest BCUT2D eigenvalue weighted by molar-refractivity contribution is 0.734. The van der Waals surface area contributed by atoms with Crippen LogP contribution in [-0.2, 0) is 6.54 Å². The van der Waals surface area contributed by atoms with Crippen molar-refractivity contribution in [3.05, 3.63) is 42.2 Å². The summed E-state index contributed by atoms with van der Waals surface area (Å²) in [5.41, 5.74) is 1.02. The van der Waals surface area contributed by atoms with Crippen LogP contribution in [-0.4, -0.2) is 36.0 Å². The van der Waals surface area contributed by atoms with E-state index in [1.807, 2.05) is 30.1 Å². The smallest absolute Gasteiger partial charge is 0.191 e. The number of aliphatic imine (C=N–C) groups is 1. The molecule has 1 heterocycles. The minimum atomic E-state index is 0. The van der Waals surface area contributed by atoms with E-state index in [9.17, 15) is 0 Å². The fraction of sp³-hybridized carbons (Fsp3) is 0.444. The maximum atomic E-state index is 4.68. The number of nitrogens with zero attached hydrogens (tertiary/aromatic N) is 2. The van der Waals surface area contributed by atoms with Gasteiger partial charge in [0.15, 0.2) is 5.96 Å². The zero-order chi connectivity index (χ0) is 16.3. The molecule has 1 aromatic carbocycles. The van der Waals surface area contributed by atoms with Crippen molar-refractivity contribution in [1.82, 2.24) is 15.6 Å². The topological polar surface area (TPSA) is 49.3 Å². The van der Waals surface area contributed by atoms with Crippen LogP contribution in [0.25, 0.3) is 10.8 Å². The van der Waals surface area contributed by atoms with Gasteiger partial charge in [0.05, 0.1) is 12.2 Å². The first-order chi connectivity index (χ1) is 11.3. The Bertz CT molecular complexity index is 628. The molecule has 0 bridgehead atoms. The molecule has 24 heavy (non-hydrogen) atoms. The Labute approximate surface area is 166 Å². The number of thioether (sulfide) groups is 1. The van der Waals surface area contributed by atoms with Crippen LogP contribution >= 0.6 is 35.7 Å². The SMILES string of the molecule is CCNC(=NCc1nccc2ccccc12)NCCCCSC.I. The number of unbranched alkanes of at least 4 members (excludes halogenated alkanes) is 1. The van der Waals surface area contributed by atoms with E-state index in [0.29, 0.717) is 6.54 Å². The summed E-state index contributed by atoms with van der Waals surface area (Å²) in [5, 5.41) is 9.08. The number of rotatable bonds is 8. The molecule has 2 rings (SSSR count). The van der Waals surface area contributed by atoms with Gasteiger partial charge in [-0.25, -0.2) is 4.99 Å². The fourth-order valence-corrected chi connectivity index (χ4v) is 2.87. The quantitative estimate of drug-likeness (QED) is 0.271. The number of aromatic nitrogens is 1. The van der Waals surface area contributed by atoms with Gasteiger partial charge in [-0.2, -0.15) is 11.8 Å². The molecule has 0 unspecified atom stereocenters. The second-order valence-electron chi connectivity index (χ2n) is 5.30. The molecular weight excluding hydrogens is 431 g/mol. The molecular formula is C18H27IN4S. The highest BCUT2D eigenvalue weighted by atomic mass is 127. The molecule has 0 amide bonds. The minimum absolute atomic E-state index is 0. The summed E-state index contributed by atoms with van der Waals surface area (Å²) in [4.78, 5) is 9.17. The third kappa shape index (κ3) is 6.84. The number of hydrogen-bond donors (Lipinski definition) is 2. The van der Waals surface area contributed by atoms with Gasteiger partial charge < -0.3 is 10.6 Å². The van der Waals surface area contributed by atoms with Gasteiger partial charge in [-0.1, -0.05) is 24.3 Å². The Balaban J connectivity index is 0.00000288. The zero-order valence-corrected chi connectivity index (χ0v) is 17.6. The molecule has 0 saturated heterocycles. The lowest BCUT2D eigenvalue weighted by Gasteiger charge is -2.11. The molecule has 4 nitrogen and oxygen atoms in total. The van der Waals surface area contributed by atoms with Crippen LogP contribution in [0.15, 0.2) is 41.5 Å². The summed E-state index contributed by atoms with van der Waals surface area (Å²) < 4.78 is 0. The van der Waals surface area contributed by atoms with Gasteiger partial charge in [0.25, 0.3) is 0 Å². The Morgan fingerprint density at radius 2 is 2.00 bits per heavy atom. The molecule has 0 fully saturated rings. The van der Waals surface area contributed by atoms with Crippen LogP contribution in [0, 0.1) is 0 Å². The standard InChI is InChI=1S/C18H26N4S.HI/c1-3-19-18(21-11-6-7-13-23-2)22-14-17-16-9-5-4-8-15(16)10-12-20-17;/h4-5,8-10,12H,3,6-7,11,13-14H2,1-2H3,(H2,19,21,22);1H. The number of benzene rings is 1. The summed E-state index contributed by atoms with van der Waals surface area (Å²) in [5.74, 6) is 2.08. The third-order valence-corrected chi connectivity index (χ3v) is 4.25. The summed E-state index contributed by atoms with van der Waals surface area (Å²) in [7, 11) is 0. The Morgan fingerprint density at radius 3 is 2.79 bits per heavy atom. The summed E-state index contributed by atoms with van der Waals surface area (Å²) in [6.07, 6.45) is 6.41. The van der Waals surface area contributed by atoms with Gasteiger partial charge in [0.1, 0.15) is 0 Å². The molecule has 1 aromatic heterocycles. The van der Waals surface area contributed by atoms with E-state index in [-0.39, 0.29) is 24.0 Å². The highest BCUT2D eigenvalue weighted by Crippen LogP contribution is 2.16. The molecule has 0 atom stereocenters. The number of guanidine groups is 1. The van der Waals surface area contributed by atoms with Crippen molar-refractivity contribution in [3.63, 3.8) is 0 Å². The van der Waals surface area contributed by atoms with Crippen LogP contribution < -0.4 is 10.6 Å². The first-order valence-electron chi connectivity index (χ1n) is 8.19. The maximum Gasteiger partial charge on any atom is 0.191 e. The zero-order valence-electron chi connectivity index (χ0n) is 14.4. The first kappa shape index (κ1) is 21.0. The predicted octanol–water partition coefficient (Wildman–Crippen LogP) is 4.05. The Kier molecular flexibility index (Phi) is 10.8. The summed E-state index contributed by atoms with van der Waals surface area (Å²) in [6.45, 7) is 4.48. The van der Waals surface area contributed by atoms with Crippen molar-refractivity contribution < 1.29 is 0 Å². The van der Waals surface area contributed by atoms with E-state index in [1.54, 1.807) is 0 Å². The molecule has 0 radical (unpaired) electrons. The number of hydrogen-bond acceptors (Lipinski definition) is 3. The van der Waals surface area contributed by atoms with Crippen molar-refractivity contribution in [2.24, 2.45) is 4.99 Å². The molecule has 0 saturated carbocycles. The van der Waals surface area contributed by atoms with E-state index in [2.05, 4.69) is 52.0 Å². The van der Waals surface area contributed by atoms with Gasteiger partial charge in [0, 0.05) is 24.7 Å². The van der Waals surface area contributed by atoms with Crippen molar-refractivity contribution >= 4 is 52.5 Å². The van der Waals surface area contributed by atoms with Gasteiger partial charge in [-0.15, -0.1) is 24.0 Å². The molecule has 6 heteroatoms. The molecule has 132 valence electrons. The fourth-order valence-electron chi connectivity index (χ4n) is 2.38. The van der Waals surface area contributed by atoms with Crippen LogP contribution in [0.1, 0.15) is 25.5 Å². The lowest BCUT2D eigenvalue weighted by Crippen LogP contribution is -2.37. The molecule has 0 aliphatic carbocycles. The first-order valence-corrected chi connectivity index (χ1v) is 9.58. The van der Waals surface area contributed by atoms with E-state index >= 15 is 0 Å². The molecule has 2 N–H and O–H groups in total. The Morgan fingerprint density at radius 1 is 1.17 bits per heavy atom. The number of nitrogens with one attached hydrogen (secondary N) is 2. The molecule has 0 spiro atoms. The van der Waals surface area contributed by atoms with Crippen molar-refractivity contribution in [1.29, 1.82) is 0 Å². The maximum absolute atomic E-state index is 4.68. The van der Waals surface area contributed by atoms with Crippen LogP contribution in [0.2, 0.25) is 0 Å². The second kappa shape index (κ2) is 12.4. The van der Waals surface area contributed by atoms with Gasteiger partial charge >= 0.3 is 0 Å². The number of pyridine rings is 1. The van der Waals surface area contributed by atoms with Crippen LogP contribution in [0.3, 0.4) is 0 Å². The largest absolute Gasteiger partial charge is 0.357 e. The average molecular weight is 458 g/mol. The number of halogens is 1. The lowest BCUT2D eigenvalue weighted by atomic mass is 10.1. The average Bonchev–Trinajstić information content (AvgIpc) is 2.59. The number of fused-ring (bicyclic) bond motifs is 1. The van der Waals surface area contributed by atoms with Crippen molar-refractivity contribution in [3.8, 4) is 0 Å². The van der Waals surface area contributed by atoms with E-state index in [0.717, 1.165) is 31.2 Å². The Hall–Kier alpha value is -1.02. The van der Waals surface area contributed by atoms with Gasteiger partial charge in [-0.3, -0.25) is 4.98 Å².